The Hall–Kier alpha value is -3.09. The number of allylic oxidation sites excluding steroid dienone is 1. The minimum Gasteiger partial charge on any atom is -0.508 e. The summed E-state index contributed by atoms with van der Waals surface area (Å²) in [5, 5.41) is 10.1. The van der Waals surface area contributed by atoms with Crippen molar-refractivity contribution in [2.45, 2.75) is 13.0 Å². The first kappa shape index (κ1) is 23.6. The lowest BCUT2D eigenvalue weighted by atomic mass is 9.86. The predicted molar refractivity (Wildman–Crippen MR) is 133 cm³/mol. The van der Waals surface area contributed by atoms with Gasteiger partial charge in [0.15, 0.2) is 0 Å². The van der Waals surface area contributed by atoms with Gasteiger partial charge in [-0.05, 0) is 60.0 Å². The van der Waals surface area contributed by atoms with E-state index in [1.54, 1.807) is 30.3 Å². The number of likely N-dealkylation sites (tertiary alicyclic amines) is 1. The Morgan fingerprint density at radius 2 is 1.86 bits per heavy atom. The van der Waals surface area contributed by atoms with Crippen LogP contribution in [-0.2, 0) is 0 Å². The largest absolute Gasteiger partial charge is 0.508 e. The molecule has 0 aliphatic carbocycles. The number of phenols is 1. The van der Waals surface area contributed by atoms with Gasteiger partial charge in [0.1, 0.15) is 35.8 Å². The number of hydrogen-bond donors (Lipinski definition) is 1. The van der Waals surface area contributed by atoms with Crippen LogP contribution in [0.25, 0.3) is 11.1 Å². The lowest BCUT2D eigenvalue weighted by Crippen LogP contribution is -2.49. The van der Waals surface area contributed by atoms with Crippen LogP contribution >= 0.6 is 11.6 Å². The minimum absolute atomic E-state index is 0.0607. The van der Waals surface area contributed by atoms with Gasteiger partial charge < -0.3 is 14.6 Å². The highest BCUT2D eigenvalue weighted by molar-refractivity contribution is 6.30. The SMILES string of the molecule is CC1=C(c2ccc(Cl)c(F)c2)[C@H](c2ccc(OCCN3CC(CF)C3)cc2)Oc2cc(O)ccc21. The molecule has 1 fully saturated rings. The summed E-state index contributed by atoms with van der Waals surface area (Å²) in [6, 6.07) is 17.4. The molecule has 0 bridgehead atoms. The van der Waals surface area contributed by atoms with Gasteiger partial charge >= 0.3 is 0 Å². The number of benzene rings is 3. The summed E-state index contributed by atoms with van der Waals surface area (Å²) in [4.78, 5) is 2.17. The third-order valence-corrected chi connectivity index (χ3v) is 6.93. The molecule has 0 aromatic heterocycles. The van der Waals surface area contributed by atoms with Crippen molar-refractivity contribution in [2.24, 2.45) is 5.92 Å². The summed E-state index contributed by atoms with van der Waals surface area (Å²) >= 11 is 5.93. The summed E-state index contributed by atoms with van der Waals surface area (Å²) in [7, 11) is 0. The Morgan fingerprint density at radius 1 is 1.09 bits per heavy atom. The first-order valence-electron chi connectivity index (χ1n) is 11.6. The molecular formula is C28H26ClF2NO3. The van der Waals surface area contributed by atoms with E-state index in [2.05, 4.69) is 4.90 Å². The van der Waals surface area contributed by atoms with Crippen molar-refractivity contribution in [3.05, 3.63) is 88.2 Å². The molecule has 0 radical (unpaired) electrons. The minimum atomic E-state index is -0.516. The number of ether oxygens (including phenoxy) is 2. The highest BCUT2D eigenvalue weighted by atomic mass is 35.5. The second-order valence-corrected chi connectivity index (χ2v) is 9.45. The topological polar surface area (TPSA) is 41.9 Å². The Bertz CT molecular complexity index is 1260. The Labute approximate surface area is 208 Å². The monoisotopic (exact) mass is 497 g/mol. The molecule has 35 heavy (non-hydrogen) atoms. The van der Waals surface area contributed by atoms with E-state index in [0.717, 1.165) is 47.7 Å². The standard InChI is InChI=1S/C28H26ClF2NO3/c1-17-23-8-5-21(33)13-26(23)35-28(27(17)20-4-9-24(29)25(31)12-20)19-2-6-22(7-3-19)34-11-10-32-15-18(14-30)16-32/h2-9,12-13,18,28,33H,10-11,14-16H2,1H3/t28-/m0/s1. The molecule has 0 amide bonds. The van der Waals surface area contributed by atoms with Crippen LogP contribution in [0.1, 0.15) is 29.7 Å². The summed E-state index contributed by atoms with van der Waals surface area (Å²) in [5.74, 6) is 1.07. The molecule has 0 spiro atoms. The van der Waals surface area contributed by atoms with Crippen LogP contribution in [-0.4, -0.2) is 42.9 Å². The highest BCUT2D eigenvalue weighted by Gasteiger charge is 2.30. The van der Waals surface area contributed by atoms with E-state index in [1.807, 2.05) is 31.2 Å². The van der Waals surface area contributed by atoms with Crippen LogP contribution in [0.3, 0.4) is 0 Å². The summed E-state index contributed by atoms with van der Waals surface area (Å²) in [6.45, 7) is 4.57. The molecule has 7 heteroatoms. The fourth-order valence-corrected chi connectivity index (χ4v) is 4.82. The maximum atomic E-state index is 14.4. The maximum Gasteiger partial charge on any atom is 0.150 e. The molecule has 2 heterocycles. The van der Waals surface area contributed by atoms with Crippen molar-refractivity contribution in [3.63, 3.8) is 0 Å². The molecule has 2 aliphatic rings. The number of phenolic OH excluding ortho intramolecular Hbond substituents is 1. The van der Waals surface area contributed by atoms with Gasteiger partial charge in [0.05, 0.1) is 11.7 Å². The lowest BCUT2D eigenvalue weighted by Gasteiger charge is -2.37. The van der Waals surface area contributed by atoms with Crippen molar-refractivity contribution in [1.82, 2.24) is 4.90 Å². The van der Waals surface area contributed by atoms with Crippen LogP contribution in [0.2, 0.25) is 5.02 Å². The van der Waals surface area contributed by atoms with Gasteiger partial charge in [-0.15, -0.1) is 0 Å². The first-order chi connectivity index (χ1) is 16.9. The van der Waals surface area contributed by atoms with Crippen LogP contribution in [0.15, 0.2) is 60.7 Å². The maximum absolute atomic E-state index is 14.4. The average molecular weight is 498 g/mol. The van der Waals surface area contributed by atoms with Crippen LogP contribution in [0.5, 0.6) is 17.2 Å². The van der Waals surface area contributed by atoms with Crippen LogP contribution < -0.4 is 9.47 Å². The summed E-state index contributed by atoms with van der Waals surface area (Å²) in [5.41, 5.74) is 4.14. The first-order valence-corrected chi connectivity index (χ1v) is 12.0. The number of rotatable bonds is 7. The van der Waals surface area contributed by atoms with Gasteiger partial charge in [-0.25, -0.2) is 4.39 Å². The van der Waals surface area contributed by atoms with Crippen LogP contribution in [0.4, 0.5) is 8.78 Å². The van der Waals surface area contributed by atoms with E-state index < -0.39 is 11.9 Å². The molecule has 1 N–H and O–H groups in total. The van der Waals surface area contributed by atoms with E-state index in [4.69, 9.17) is 21.1 Å². The van der Waals surface area contributed by atoms with Gasteiger partial charge in [-0.3, -0.25) is 9.29 Å². The number of fused-ring (bicyclic) bond motifs is 1. The van der Waals surface area contributed by atoms with E-state index >= 15 is 0 Å². The lowest BCUT2D eigenvalue weighted by molar-refractivity contribution is 0.0668. The molecule has 0 unspecified atom stereocenters. The average Bonchev–Trinajstić information content (AvgIpc) is 2.82. The Balaban J connectivity index is 1.40. The van der Waals surface area contributed by atoms with Crippen LogP contribution in [0, 0.1) is 11.7 Å². The second kappa shape index (κ2) is 9.88. The second-order valence-electron chi connectivity index (χ2n) is 9.04. The van der Waals surface area contributed by atoms with Gasteiger partial charge in [-0.2, -0.15) is 0 Å². The quantitative estimate of drug-likeness (QED) is 0.403. The third-order valence-electron chi connectivity index (χ3n) is 6.62. The zero-order valence-corrected chi connectivity index (χ0v) is 20.1. The normalized spacial score (nSPS) is 18.1. The molecule has 3 aromatic carbocycles. The summed E-state index contributed by atoms with van der Waals surface area (Å²) in [6.07, 6.45) is -0.516. The molecular weight excluding hydrogens is 472 g/mol. The number of hydrogen-bond acceptors (Lipinski definition) is 4. The molecule has 5 rings (SSSR count). The van der Waals surface area contributed by atoms with Gasteiger partial charge in [0, 0.05) is 42.8 Å². The fourth-order valence-electron chi connectivity index (χ4n) is 4.70. The molecule has 1 saturated heterocycles. The molecule has 3 aromatic rings. The van der Waals surface area contributed by atoms with Crippen molar-refractivity contribution in [3.8, 4) is 17.2 Å². The van der Waals surface area contributed by atoms with Gasteiger partial charge in [0.25, 0.3) is 0 Å². The molecule has 1 atom stereocenters. The molecule has 182 valence electrons. The van der Waals surface area contributed by atoms with E-state index in [0.29, 0.717) is 17.9 Å². The molecule has 0 saturated carbocycles. The van der Waals surface area contributed by atoms with E-state index in [-0.39, 0.29) is 23.4 Å². The van der Waals surface area contributed by atoms with Crippen molar-refractivity contribution in [1.29, 1.82) is 0 Å². The Morgan fingerprint density at radius 3 is 2.57 bits per heavy atom. The van der Waals surface area contributed by atoms with E-state index in [9.17, 15) is 13.9 Å². The predicted octanol–water partition coefficient (Wildman–Crippen LogP) is 6.53. The van der Waals surface area contributed by atoms with E-state index in [1.165, 1.54) is 6.07 Å². The fraction of sp³-hybridized carbons (Fsp3) is 0.286. The number of halogens is 3. The molecule has 2 aliphatic heterocycles. The van der Waals surface area contributed by atoms with Crippen molar-refractivity contribution in [2.75, 3.05) is 32.9 Å². The number of nitrogens with zero attached hydrogens (tertiary/aromatic N) is 1. The third kappa shape index (κ3) is 4.86. The zero-order chi connectivity index (χ0) is 24.5. The highest BCUT2D eigenvalue weighted by Crippen LogP contribution is 2.47. The van der Waals surface area contributed by atoms with Crippen molar-refractivity contribution < 1.29 is 23.4 Å². The van der Waals surface area contributed by atoms with Gasteiger partial charge in [-0.1, -0.05) is 29.8 Å². The Kier molecular flexibility index (Phi) is 6.67. The van der Waals surface area contributed by atoms with Gasteiger partial charge in [0.2, 0.25) is 0 Å². The summed E-state index contributed by atoms with van der Waals surface area (Å²) < 4.78 is 39.2. The zero-order valence-electron chi connectivity index (χ0n) is 19.3. The number of alkyl halides is 1. The van der Waals surface area contributed by atoms with Crippen molar-refractivity contribution >= 4 is 22.7 Å². The molecule has 4 nitrogen and oxygen atoms in total. The number of aromatic hydroxyl groups is 1. The smallest absolute Gasteiger partial charge is 0.150 e.